The fourth-order valence-electron chi connectivity index (χ4n) is 3.86. The van der Waals surface area contributed by atoms with Crippen molar-refractivity contribution in [3.05, 3.63) is 39.8 Å². The van der Waals surface area contributed by atoms with Crippen LogP contribution in [0.25, 0.3) is 0 Å². The lowest BCUT2D eigenvalue weighted by atomic mass is 9.85. The molecule has 1 aromatic heterocycles. The van der Waals surface area contributed by atoms with Gasteiger partial charge in [-0.3, -0.25) is 4.79 Å². The molecule has 0 radical (unpaired) electrons. The van der Waals surface area contributed by atoms with Crippen molar-refractivity contribution in [2.75, 3.05) is 11.9 Å². The lowest BCUT2D eigenvalue weighted by Gasteiger charge is -2.27. The van der Waals surface area contributed by atoms with Gasteiger partial charge in [0.2, 0.25) is 0 Å². The van der Waals surface area contributed by atoms with E-state index < -0.39 is 0 Å². The molecule has 1 amide bonds. The van der Waals surface area contributed by atoms with Gasteiger partial charge in [0.05, 0.1) is 12.2 Å². The summed E-state index contributed by atoms with van der Waals surface area (Å²) < 4.78 is 5.47. The molecule has 2 atom stereocenters. The zero-order valence-electron chi connectivity index (χ0n) is 15.1. The molecule has 0 bridgehead atoms. The molecule has 1 aliphatic carbocycles. The summed E-state index contributed by atoms with van der Waals surface area (Å²) in [6.45, 7) is 4.59. The standard InChI is InChI=1S/C20H24N2O3S/c1-3-11-5-7-13-16(9-11)26-20-17(13)19(24)21-18(22-20)12-6-8-14(23)15(10-12)25-4-2/h6,8,10-11,18,22-23H,3-5,7,9H2,1-2H3,(H,21,24). The molecule has 3 N–H and O–H groups in total. The number of phenols is 1. The summed E-state index contributed by atoms with van der Waals surface area (Å²) in [6, 6.07) is 5.19. The van der Waals surface area contributed by atoms with Crippen LogP contribution < -0.4 is 15.4 Å². The van der Waals surface area contributed by atoms with E-state index in [9.17, 15) is 9.90 Å². The topological polar surface area (TPSA) is 70.6 Å². The van der Waals surface area contributed by atoms with Gasteiger partial charge in [0.25, 0.3) is 5.91 Å². The number of fused-ring (bicyclic) bond motifs is 3. The number of hydrogen-bond acceptors (Lipinski definition) is 5. The number of ether oxygens (including phenoxy) is 1. The second-order valence-electron chi connectivity index (χ2n) is 6.94. The highest BCUT2D eigenvalue weighted by Crippen LogP contribution is 2.43. The highest BCUT2D eigenvalue weighted by atomic mass is 32.1. The quantitative estimate of drug-likeness (QED) is 0.751. The minimum absolute atomic E-state index is 0.0118. The van der Waals surface area contributed by atoms with Crippen molar-refractivity contribution in [3.8, 4) is 11.5 Å². The van der Waals surface area contributed by atoms with Crippen LogP contribution in [0.5, 0.6) is 11.5 Å². The molecule has 2 unspecified atom stereocenters. The van der Waals surface area contributed by atoms with Gasteiger partial charge in [-0.1, -0.05) is 19.4 Å². The first kappa shape index (κ1) is 17.2. The fraction of sp³-hybridized carbons (Fsp3) is 0.450. The summed E-state index contributed by atoms with van der Waals surface area (Å²) in [4.78, 5) is 14.2. The highest BCUT2D eigenvalue weighted by Gasteiger charge is 2.33. The number of amides is 1. The fourth-order valence-corrected chi connectivity index (χ4v) is 5.25. The SMILES string of the molecule is CCOc1cc(C2NC(=O)c3c(sc4c3CCC(CC)C4)N2)ccc1O. The van der Waals surface area contributed by atoms with Crippen LogP contribution in [0.3, 0.4) is 0 Å². The van der Waals surface area contributed by atoms with E-state index in [1.807, 2.05) is 6.92 Å². The highest BCUT2D eigenvalue weighted by molar-refractivity contribution is 7.16. The van der Waals surface area contributed by atoms with E-state index in [4.69, 9.17) is 4.74 Å². The number of phenolic OH excluding ortho intramolecular Hbond substituents is 1. The Morgan fingerprint density at radius 2 is 2.15 bits per heavy atom. The molecular formula is C20H24N2O3S. The van der Waals surface area contributed by atoms with Crippen LogP contribution in [0, 0.1) is 5.92 Å². The minimum atomic E-state index is -0.322. The maximum Gasteiger partial charge on any atom is 0.256 e. The predicted molar refractivity (Wildman–Crippen MR) is 103 cm³/mol. The Kier molecular flexibility index (Phi) is 4.53. The predicted octanol–water partition coefficient (Wildman–Crippen LogP) is 4.22. The summed E-state index contributed by atoms with van der Waals surface area (Å²) in [5.74, 6) is 1.26. The number of carbonyl (C=O) groups excluding carboxylic acids is 1. The van der Waals surface area contributed by atoms with Gasteiger partial charge in [-0.25, -0.2) is 0 Å². The van der Waals surface area contributed by atoms with Gasteiger partial charge in [0.15, 0.2) is 11.5 Å². The molecule has 1 aromatic carbocycles. The molecule has 0 spiro atoms. The third-order valence-corrected chi connectivity index (χ3v) is 6.53. The molecule has 0 saturated heterocycles. The molecular weight excluding hydrogens is 348 g/mol. The van der Waals surface area contributed by atoms with Gasteiger partial charge < -0.3 is 20.5 Å². The van der Waals surface area contributed by atoms with Crippen LogP contribution in [0.1, 0.15) is 59.2 Å². The molecule has 2 aromatic rings. The van der Waals surface area contributed by atoms with Gasteiger partial charge in [-0.05, 0) is 55.4 Å². The minimum Gasteiger partial charge on any atom is -0.504 e. The Morgan fingerprint density at radius 3 is 2.92 bits per heavy atom. The summed E-state index contributed by atoms with van der Waals surface area (Å²) in [6.07, 6.45) is 4.11. The van der Waals surface area contributed by atoms with Crippen LogP contribution in [0.2, 0.25) is 0 Å². The van der Waals surface area contributed by atoms with Gasteiger partial charge in [0, 0.05) is 4.88 Å². The average Bonchev–Trinajstić information content (AvgIpc) is 3.01. The molecule has 1 aliphatic heterocycles. The molecule has 0 saturated carbocycles. The van der Waals surface area contributed by atoms with E-state index >= 15 is 0 Å². The number of carbonyl (C=O) groups is 1. The number of benzene rings is 1. The normalized spacial score (nSPS) is 21.4. The first-order valence-corrected chi connectivity index (χ1v) is 10.1. The molecule has 6 heteroatoms. The van der Waals surface area contributed by atoms with E-state index in [0.717, 1.165) is 34.9 Å². The Morgan fingerprint density at radius 1 is 1.31 bits per heavy atom. The van der Waals surface area contributed by atoms with Crippen molar-refractivity contribution in [1.82, 2.24) is 5.32 Å². The number of nitrogens with one attached hydrogen (secondary N) is 2. The lowest BCUT2D eigenvalue weighted by molar-refractivity contribution is 0.0935. The summed E-state index contributed by atoms with van der Waals surface area (Å²) in [5, 5.41) is 17.4. The van der Waals surface area contributed by atoms with Gasteiger partial charge >= 0.3 is 0 Å². The number of aromatic hydroxyl groups is 1. The van der Waals surface area contributed by atoms with E-state index in [1.54, 1.807) is 29.5 Å². The van der Waals surface area contributed by atoms with Gasteiger partial charge in [0.1, 0.15) is 11.2 Å². The summed E-state index contributed by atoms with van der Waals surface area (Å²) in [7, 11) is 0. The Hall–Kier alpha value is -2.21. The maximum absolute atomic E-state index is 12.8. The zero-order valence-corrected chi connectivity index (χ0v) is 15.9. The van der Waals surface area contributed by atoms with Crippen LogP contribution in [0.15, 0.2) is 18.2 Å². The van der Waals surface area contributed by atoms with Gasteiger partial charge in [-0.2, -0.15) is 0 Å². The van der Waals surface area contributed by atoms with Crippen LogP contribution in [-0.2, 0) is 12.8 Å². The third kappa shape index (κ3) is 2.92. The van der Waals surface area contributed by atoms with Crippen LogP contribution >= 0.6 is 11.3 Å². The Bertz CT molecular complexity index is 846. The molecule has 2 aliphatic rings. The molecule has 138 valence electrons. The zero-order chi connectivity index (χ0) is 18.3. The molecule has 0 fully saturated rings. The second kappa shape index (κ2) is 6.83. The number of hydrogen-bond donors (Lipinski definition) is 3. The van der Waals surface area contributed by atoms with E-state index in [0.29, 0.717) is 12.4 Å². The van der Waals surface area contributed by atoms with E-state index in [1.165, 1.54) is 23.3 Å². The Labute approximate surface area is 157 Å². The molecule has 2 heterocycles. The van der Waals surface area contributed by atoms with Crippen molar-refractivity contribution in [2.24, 2.45) is 5.92 Å². The number of rotatable bonds is 4. The third-order valence-electron chi connectivity index (χ3n) is 5.34. The average molecular weight is 372 g/mol. The second-order valence-corrected chi connectivity index (χ2v) is 8.04. The van der Waals surface area contributed by atoms with E-state index in [-0.39, 0.29) is 17.8 Å². The number of anilines is 1. The number of thiophene rings is 1. The maximum atomic E-state index is 12.8. The summed E-state index contributed by atoms with van der Waals surface area (Å²) >= 11 is 1.72. The smallest absolute Gasteiger partial charge is 0.256 e. The largest absolute Gasteiger partial charge is 0.504 e. The first-order valence-electron chi connectivity index (χ1n) is 9.28. The van der Waals surface area contributed by atoms with Crippen LogP contribution in [-0.4, -0.2) is 17.6 Å². The summed E-state index contributed by atoms with van der Waals surface area (Å²) in [5.41, 5.74) is 2.93. The first-order chi connectivity index (χ1) is 12.6. The van der Waals surface area contributed by atoms with Crippen molar-refractivity contribution in [1.29, 1.82) is 0 Å². The van der Waals surface area contributed by atoms with Crippen molar-refractivity contribution >= 4 is 22.2 Å². The monoisotopic (exact) mass is 372 g/mol. The van der Waals surface area contributed by atoms with Crippen LogP contribution in [0.4, 0.5) is 5.00 Å². The Balaban J connectivity index is 1.64. The van der Waals surface area contributed by atoms with Crippen molar-refractivity contribution in [2.45, 2.75) is 45.7 Å². The molecule has 4 rings (SSSR count). The van der Waals surface area contributed by atoms with Crippen molar-refractivity contribution < 1.29 is 14.6 Å². The van der Waals surface area contributed by atoms with Crippen molar-refractivity contribution in [3.63, 3.8) is 0 Å². The van der Waals surface area contributed by atoms with E-state index in [2.05, 4.69) is 17.6 Å². The lowest BCUT2D eigenvalue weighted by Crippen LogP contribution is -2.38. The molecule has 26 heavy (non-hydrogen) atoms. The van der Waals surface area contributed by atoms with Gasteiger partial charge in [-0.15, -0.1) is 11.3 Å². The molecule has 5 nitrogen and oxygen atoms in total.